The van der Waals surface area contributed by atoms with Gasteiger partial charge in [0, 0.05) is 18.4 Å². The Morgan fingerprint density at radius 3 is 2.58 bits per heavy atom. The molecule has 1 amide bonds. The van der Waals surface area contributed by atoms with Gasteiger partial charge < -0.3 is 5.32 Å². The minimum Gasteiger partial charge on any atom is -0.355 e. The first kappa shape index (κ1) is 18.4. The van der Waals surface area contributed by atoms with Crippen molar-refractivity contribution in [2.24, 2.45) is 0 Å². The monoisotopic (exact) mass is 365 g/mol. The van der Waals surface area contributed by atoms with Crippen molar-refractivity contribution in [2.45, 2.75) is 31.2 Å². The van der Waals surface area contributed by atoms with Gasteiger partial charge in [-0.25, -0.2) is 9.97 Å². The van der Waals surface area contributed by atoms with Crippen molar-refractivity contribution in [3.8, 4) is 0 Å². The Kier molecular flexibility index (Phi) is 6.61. The number of aromatic nitrogens is 2. The van der Waals surface area contributed by atoms with Crippen LogP contribution in [0.1, 0.15) is 24.7 Å². The average Bonchev–Trinajstić information content (AvgIpc) is 2.67. The van der Waals surface area contributed by atoms with Crippen molar-refractivity contribution in [1.29, 1.82) is 0 Å². The van der Waals surface area contributed by atoms with Gasteiger partial charge in [-0.15, -0.1) is 0 Å². The number of hydrogen-bond donors (Lipinski definition) is 1. The molecule has 1 heterocycles. The number of thioether (sulfide) groups is 1. The van der Waals surface area contributed by atoms with Gasteiger partial charge in [0.05, 0.1) is 11.3 Å². The first-order chi connectivity index (χ1) is 12.8. The van der Waals surface area contributed by atoms with Crippen molar-refractivity contribution < 1.29 is 4.79 Å². The van der Waals surface area contributed by atoms with E-state index in [0.29, 0.717) is 12.3 Å². The Morgan fingerprint density at radius 1 is 1.00 bits per heavy atom. The molecule has 3 aromatic rings. The van der Waals surface area contributed by atoms with E-state index < -0.39 is 0 Å². The smallest absolute Gasteiger partial charge is 0.230 e. The van der Waals surface area contributed by atoms with Gasteiger partial charge in [-0.2, -0.15) is 0 Å². The predicted octanol–water partition coefficient (Wildman–Crippen LogP) is 4.03. The number of amides is 1. The molecule has 1 N–H and O–H groups in total. The molecule has 4 nitrogen and oxygen atoms in total. The Hall–Kier alpha value is -2.40. The van der Waals surface area contributed by atoms with E-state index >= 15 is 0 Å². The molecule has 0 aliphatic heterocycles. The van der Waals surface area contributed by atoms with Crippen LogP contribution < -0.4 is 5.32 Å². The molecule has 0 saturated heterocycles. The highest BCUT2D eigenvalue weighted by Gasteiger charge is 2.10. The van der Waals surface area contributed by atoms with E-state index in [1.807, 2.05) is 42.5 Å². The quantitative estimate of drug-likeness (QED) is 0.484. The molecule has 26 heavy (non-hydrogen) atoms. The maximum absolute atomic E-state index is 12.2. The summed E-state index contributed by atoms with van der Waals surface area (Å²) in [4.78, 5) is 21.5. The lowest BCUT2D eigenvalue weighted by Gasteiger charge is -2.09. The minimum atomic E-state index is 0.0330. The lowest BCUT2D eigenvalue weighted by Crippen LogP contribution is -2.27. The second-order valence-electron chi connectivity index (χ2n) is 6.09. The standard InChI is InChI=1S/C21H23N3OS/c1-2-8-19-23-18-12-7-6-11-17(18)21(24-19)26-15-20(25)22-14-13-16-9-4-3-5-10-16/h3-7,9-12H,2,8,13-15H2,1H3,(H,22,25). The summed E-state index contributed by atoms with van der Waals surface area (Å²) in [6, 6.07) is 18.2. The van der Waals surface area contributed by atoms with Crippen molar-refractivity contribution in [3.05, 3.63) is 66.0 Å². The maximum atomic E-state index is 12.2. The first-order valence-corrected chi connectivity index (χ1v) is 9.94. The van der Waals surface area contributed by atoms with Gasteiger partial charge in [-0.3, -0.25) is 4.79 Å². The van der Waals surface area contributed by atoms with Crippen molar-refractivity contribution in [2.75, 3.05) is 12.3 Å². The number of aryl methyl sites for hydroxylation is 1. The number of para-hydroxylation sites is 1. The van der Waals surface area contributed by atoms with Crippen LogP contribution in [0.15, 0.2) is 59.6 Å². The average molecular weight is 366 g/mol. The van der Waals surface area contributed by atoms with E-state index in [9.17, 15) is 4.79 Å². The molecule has 0 aliphatic rings. The fraction of sp³-hybridized carbons (Fsp3) is 0.286. The number of hydrogen-bond acceptors (Lipinski definition) is 4. The van der Waals surface area contributed by atoms with E-state index in [0.717, 1.165) is 41.0 Å². The topological polar surface area (TPSA) is 54.9 Å². The van der Waals surface area contributed by atoms with Crippen LogP contribution in [0.25, 0.3) is 10.9 Å². The van der Waals surface area contributed by atoms with Gasteiger partial charge in [-0.05, 0) is 24.5 Å². The van der Waals surface area contributed by atoms with Crippen LogP contribution >= 0.6 is 11.8 Å². The van der Waals surface area contributed by atoms with E-state index in [2.05, 4.69) is 34.3 Å². The first-order valence-electron chi connectivity index (χ1n) is 8.95. The molecule has 3 rings (SSSR count). The molecule has 0 fully saturated rings. The third kappa shape index (κ3) is 5.05. The minimum absolute atomic E-state index is 0.0330. The van der Waals surface area contributed by atoms with Crippen LogP contribution in [0.4, 0.5) is 0 Å². The van der Waals surface area contributed by atoms with E-state index in [1.165, 1.54) is 17.3 Å². The molecular formula is C21H23N3OS. The fourth-order valence-electron chi connectivity index (χ4n) is 2.71. The number of fused-ring (bicyclic) bond motifs is 1. The Morgan fingerprint density at radius 2 is 1.77 bits per heavy atom. The molecule has 0 bridgehead atoms. The number of carbonyl (C=O) groups is 1. The van der Waals surface area contributed by atoms with Gasteiger partial charge in [0.2, 0.25) is 5.91 Å². The SMILES string of the molecule is CCCc1nc(SCC(=O)NCCc2ccccc2)c2ccccc2n1. The predicted molar refractivity (Wildman–Crippen MR) is 107 cm³/mol. The van der Waals surface area contributed by atoms with Crippen LogP contribution in [0, 0.1) is 0 Å². The molecule has 0 spiro atoms. The van der Waals surface area contributed by atoms with Gasteiger partial charge in [0.15, 0.2) is 0 Å². The Balaban J connectivity index is 1.59. The van der Waals surface area contributed by atoms with Crippen LogP contribution in [-0.4, -0.2) is 28.2 Å². The van der Waals surface area contributed by atoms with E-state index in [4.69, 9.17) is 0 Å². The number of nitrogens with one attached hydrogen (secondary N) is 1. The molecule has 134 valence electrons. The highest BCUT2D eigenvalue weighted by Crippen LogP contribution is 2.25. The molecule has 0 aliphatic carbocycles. The van der Waals surface area contributed by atoms with Gasteiger partial charge in [0.1, 0.15) is 10.9 Å². The molecule has 0 radical (unpaired) electrons. The second-order valence-corrected chi connectivity index (χ2v) is 7.05. The summed E-state index contributed by atoms with van der Waals surface area (Å²) in [6.07, 6.45) is 2.69. The Labute approximate surface area is 158 Å². The fourth-order valence-corrected chi connectivity index (χ4v) is 3.58. The van der Waals surface area contributed by atoms with Gasteiger partial charge in [-0.1, -0.05) is 67.2 Å². The molecule has 2 aromatic carbocycles. The number of carbonyl (C=O) groups excluding carboxylic acids is 1. The van der Waals surface area contributed by atoms with Crippen LogP contribution in [0.2, 0.25) is 0 Å². The lowest BCUT2D eigenvalue weighted by atomic mass is 10.1. The van der Waals surface area contributed by atoms with Gasteiger partial charge in [0.25, 0.3) is 0 Å². The lowest BCUT2D eigenvalue weighted by molar-refractivity contribution is -0.118. The zero-order chi connectivity index (χ0) is 18.2. The summed E-state index contributed by atoms with van der Waals surface area (Å²) >= 11 is 1.48. The number of benzene rings is 2. The summed E-state index contributed by atoms with van der Waals surface area (Å²) in [5.74, 6) is 1.24. The van der Waals surface area contributed by atoms with Crippen LogP contribution in [-0.2, 0) is 17.6 Å². The van der Waals surface area contributed by atoms with E-state index in [-0.39, 0.29) is 5.91 Å². The third-order valence-electron chi connectivity index (χ3n) is 4.01. The largest absolute Gasteiger partial charge is 0.355 e. The third-order valence-corrected chi connectivity index (χ3v) is 5.00. The second kappa shape index (κ2) is 9.34. The highest BCUT2D eigenvalue weighted by atomic mass is 32.2. The molecule has 0 unspecified atom stereocenters. The van der Waals surface area contributed by atoms with Crippen molar-refractivity contribution in [1.82, 2.24) is 15.3 Å². The number of nitrogens with zero attached hydrogens (tertiary/aromatic N) is 2. The summed E-state index contributed by atoms with van der Waals surface area (Å²) in [5.41, 5.74) is 2.17. The van der Waals surface area contributed by atoms with Gasteiger partial charge >= 0.3 is 0 Å². The number of rotatable bonds is 8. The summed E-state index contributed by atoms with van der Waals surface area (Å²) in [5, 5.41) is 4.88. The van der Waals surface area contributed by atoms with Crippen LogP contribution in [0.3, 0.4) is 0 Å². The molecular weight excluding hydrogens is 342 g/mol. The summed E-state index contributed by atoms with van der Waals surface area (Å²) < 4.78 is 0. The zero-order valence-electron chi connectivity index (χ0n) is 14.9. The molecule has 0 saturated carbocycles. The molecule has 5 heteroatoms. The van der Waals surface area contributed by atoms with Crippen LogP contribution in [0.5, 0.6) is 0 Å². The molecule has 0 atom stereocenters. The Bertz CT molecular complexity index is 868. The van der Waals surface area contributed by atoms with Crippen molar-refractivity contribution in [3.63, 3.8) is 0 Å². The molecule has 1 aromatic heterocycles. The summed E-state index contributed by atoms with van der Waals surface area (Å²) in [6.45, 7) is 2.76. The van der Waals surface area contributed by atoms with E-state index in [1.54, 1.807) is 0 Å². The normalized spacial score (nSPS) is 10.8. The zero-order valence-corrected chi connectivity index (χ0v) is 15.8. The van der Waals surface area contributed by atoms with Crippen molar-refractivity contribution >= 4 is 28.6 Å². The highest BCUT2D eigenvalue weighted by molar-refractivity contribution is 8.00. The summed E-state index contributed by atoms with van der Waals surface area (Å²) in [7, 11) is 0. The maximum Gasteiger partial charge on any atom is 0.230 e.